The molecule has 0 aromatic heterocycles. The van der Waals surface area contributed by atoms with Gasteiger partial charge in [-0.2, -0.15) is 0 Å². The molecule has 0 aliphatic heterocycles. The normalized spacial score (nSPS) is 10.1. The topological polar surface area (TPSA) is 44.8 Å². The summed E-state index contributed by atoms with van der Waals surface area (Å²) in [5.74, 6) is 1.80. The molecule has 2 aromatic carbocycles. The van der Waals surface area contributed by atoms with Crippen LogP contribution in [0.5, 0.6) is 17.2 Å². The first-order valence-electron chi connectivity index (χ1n) is 6.50. The first-order chi connectivity index (χ1) is 10.1. The Bertz CT molecular complexity index is 662. The van der Waals surface area contributed by atoms with Gasteiger partial charge in [-0.3, -0.25) is 4.79 Å². The molecule has 2 rings (SSSR count). The smallest absolute Gasteiger partial charge is 0.168 e. The molecule has 0 aliphatic carbocycles. The number of carbonyl (C=O) groups is 1. The van der Waals surface area contributed by atoms with Crippen LogP contribution in [0.15, 0.2) is 30.3 Å². The van der Waals surface area contributed by atoms with Crippen molar-refractivity contribution in [2.75, 3.05) is 21.3 Å². The fraction of sp³-hybridized carbons (Fsp3) is 0.235. The minimum absolute atomic E-state index is 0.514. The number of ether oxygens (including phenoxy) is 3. The van der Waals surface area contributed by atoms with Crippen LogP contribution in [0.2, 0.25) is 0 Å². The van der Waals surface area contributed by atoms with Gasteiger partial charge >= 0.3 is 0 Å². The number of carbonyl (C=O) groups excluding carboxylic acids is 1. The summed E-state index contributed by atoms with van der Waals surface area (Å²) in [5.41, 5.74) is 3.23. The summed E-state index contributed by atoms with van der Waals surface area (Å²) in [6.07, 6.45) is 0.785. The zero-order chi connectivity index (χ0) is 15.4. The lowest BCUT2D eigenvalue weighted by Crippen LogP contribution is -1.97. The van der Waals surface area contributed by atoms with E-state index in [1.54, 1.807) is 33.5 Å². The second kappa shape index (κ2) is 6.31. The van der Waals surface area contributed by atoms with E-state index in [-0.39, 0.29) is 0 Å². The van der Waals surface area contributed by atoms with Gasteiger partial charge < -0.3 is 14.2 Å². The van der Waals surface area contributed by atoms with Gasteiger partial charge in [0.25, 0.3) is 0 Å². The van der Waals surface area contributed by atoms with Crippen molar-refractivity contribution in [2.24, 2.45) is 0 Å². The molecule has 0 aliphatic rings. The van der Waals surface area contributed by atoms with Gasteiger partial charge in [0.2, 0.25) is 0 Å². The van der Waals surface area contributed by atoms with Gasteiger partial charge in [0.1, 0.15) is 12.0 Å². The molecule has 0 bridgehead atoms. The molecule has 110 valence electrons. The van der Waals surface area contributed by atoms with Crippen LogP contribution in [0.1, 0.15) is 15.9 Å². The van der Waals surface area contributed by atoms with Crippen molar-refractivity contribution >= 4 is 6.29 Å². The highest BCUT2D eigenvalue weighted by atomic mass is 16.5. The zero-order valence-corrected chi connectivity index (χ0v) is 12.6. The van der Waals surface area contributed by atoms with Crippen molar-refractivity contribution in [1.29, 1.82) is 0 Å². The lowest BCUT2D eigenvalue weighted by molar-refractivity contribution is 0.112. The minimum Gasteiger partial charge on any atom is -0.496 e. The number of benzene rings is 2. The summed E-state index contributed by atoms with van der Waals surface area (Å²) in [7, 11) is 4.73. The van der Waals surface area contributed by atoms with Crippen LogP contribution in [0.4, 0.5) is 0 Å². The largest absolute Gasteiger partial charge is 0.496 e. The highest BCUT2D eigenvalue weighted by molar-refractivity contribution is 5.86. The number of methoxy groups -OCH3 is 3. The van der Waals surface area contributed by atoms with E-state index < -0.39 is 0 Å². The molecule has 0 heterocycles. The Hall–Kier alpha value is -2.49. The monoisotopic (exact) mass is 286 g/mol. The molecule has 0 radical (unpaired) electrons. The standard InChI is InChI=1S/C17H18O4/c1-11-5-6-15(19-2)13(7-11)14-8-12(10-18)9-16(20-3)17(14)21-4/h5-10H,1-4H3. The highest BCUT2D eigenvalue weighted by Crippen LogP contribution is 2.42. The lowest BCUT2D eigenvalue weighted by atomic mass is 9.99. The van der Waals surface area contributed by atoms with E-state index in [2.05, 4.69) is 0 Å². The molecule has 0 fully saturated rings. The lowest BCUT2D eigenvalue weighted by Gasteiger charge is -2.16. The van der Waals surface area contributed by atoms with Crippen LogP contribution in [-0.4, -0.2) is 27.6 Å². The Morgan fingerprint density at radius 3 is 2.14 bits per heavy atom. The molecule has 0 saturated carbocycles. The minimum atomic E-state index is 0.514. The maximum atomic E-state index is 11.2. The van der Waals surface area contributed by atoms with Gasteiger partial charge in [-0.15, -0.1) is 0 Å². The predicted molar refractivity (Wildman–Crippen MR) is 81.7 cm³/mol. The van der Waals surface area contributed by atoms with Crippen molar-refractivity contribution < 1.29 is 19.0 Å². The summed E-state index contributed by atoms with van der Waals surface area (Å²) in [4.78, 5) is 11.2. The Balaban J connectivity index is 2.78. The van der Waals surface area contributed by atoms with E-state index in [1.165, 1.54) is 0 Å². The van der Waals surface area contributed by atoms with Gasteiger partial charge in [-0.25, -0.2) is 0 Å². The molecule has 21 heavy (non-hydrogen) atoms. The first-order valence-corrected chi connectivity index (χ1v) is 6.50. The van der Waals surface area contributed by atoms with Gasteiger partial charge in [0.15, 0.2) is 11.5 Å². The third-order valence-electron chi connectivity index (χ3n) is 3.28. The fourth-order valence-corrected chi connectivity index (χ4v) is 2.29. The zero-order valence-electron chi connectivity index (χ0n) is 12.6. The van der Waals surface area contributed by atoms with Crippen molar-refractivity contribution in [3.8, 4) is 28.4 Å². The van der Waals surface area contributed by atoms with Crippen molar-refractivity contribution in [3.05, 3.63) is 41.5 Å². The number of aryl methyl sites for hydroxylation is 1. The van der Waals surface area contributed by atoms with Crippen LogP contribution in [0.25, 0.3) is 11.1 Å². The van der Waals surface area contributed by atoms with Crippen molar-refractivity contribution in [1.82, 2.24) is 0 Å². The SMILES string of the molecule is COc1ccc(C)cc1-c1cc(C=O)cc(OC)c1OC. The fourth-order valence-electron chi connectivity index (χ4n) is 2.29. The van der Waals surface area contributed by atoms with Gasteiger partial charge in [-0.1, -0.05) is 11.6 Å². The van der Waals surface area contributed by atoms with E-state index in [1.807, 2.05) is 25.1 Å². The number of hydrogen-bond donors (Lipinski definition) is 0. The quantitative estimate of drug-likeness (QED) is 0.789. The molecule has 0 unspecified atom stereocenters. The van der Waals surface area contributed by atoms with Crippen LogP contribution < -0.4 is 14.2 Å². The van der Waals surface area contributed by atoms with Crippen LogP contribution in [0.3, 0.4) is 0 Å². The van der Waals surface area contributed by atoms with E-state index in [0.29, 0.717) is 22.8 Å². The number of hydrogen-bond acceptors (Lipinski definition) is 4. The second-order valence-corrected chi connectivity index (χ2v) is 4.63. The second-order valence-electron chi connectivity index (χ2n) is 4.63. The Kier molecular flexibility index (Phi) is 4.48. The van der Waals surface area contributed by atoms with Gasteiger partial charge in [-0.05, 0) is 31.2 Å². The first kappa shape index (κ1) is 14.9. The molecule has 0 atom stereocenters. The Morgan fingerprint density at radius 1 is 0.857 bits per heavy atom. The summed E-state index contributed by atoms with van der Waals surface area (Å²) in [6.45, 7) is 2.00. The predicted octanol–water partition coefficient (Wildman–Crippen LogP) is 3.50. The van der Waals surface area contributed by atoms with E-state index in [9.17, 15) is 4.79 Å². The molecular weight excluding hydrogens is 268 g/mol. The maximum absolute atomic E-state index is 11.2. The van der Waals surface area contributed by atoms with Crippen LogP contribution in [0, 0.1) is 6.92 Å². The Morgan fingerprint density at radius 2 is 1.57 bits per heavy atom. The molecule has 2 aromatic rings. The van der Waals surface area contributed by atoms with E-state index >= 15 is 0 Å². The van der Waals surface area contributed by atoms with Gasteiger partial charge in [0.05, 0.1) is 21.3 Å². The van der Waals surface area contributed by atoms with Crippen molar-refractivity contribution in [2.45, 2.75) is 6.92 Å². The maximum Gasteiger partial charge on any atom is 0.168 e. The molecular formula is C17H18O4. The summed E-state index contributed by atoms with van der Waals surface area (Å²) < 4.78 is 16.2. The average molecular weight is 286 g/mol. The molecule has 0 spiro atoms. The molecule has 0 amide bonds. The molecule has 0 N–H and O–H groups in total. The third kappa shape index (κ3) is 2.84. The summed E-state index contributed by atoms with van der Waals surface area (Å²) >= 11 is 0. The van der Waals surface area contributed by atoms with Crippen molar-refractivity contribution in [3.63, 3.8) is 0 Å². The third-order valence-corrected chi connectivity index (χ3v) is 3.28. The van der Waals surface area contributed by atoms with Crippen LogP contribution in [-0.2, 0) is 0 Å². The Labute approximate surface area is 124 Å². The number of aldehydes is 1. The highest BCUT2D eigenvalue weighted by Gasteiger charge is 2.17. The molecule has 4 heteroatoms. The number of rotatable bonds is 5. The van der Waals surface area contributed by atoms with Gasteiger partial charge in [0, 0.05) is 16.7 Å². The summed E-state index contributed by atoms with van der Waals surface area (Å²) in [5, 5.41) is 0. The van der Waals surface area contributed by atoms with Crippen LogP contribution >= 0.6 is 0 Å². The molecule has 4 nitrogen and oxygen atoms in total. The summed E-state index contributed by atoms with van der Waals surface area (Å²) in [6, 6.07) is 9.27. The molecule has 0 saturated heterocycles. The van der Waals surface area contributed by atoms with E-state index in [0.717, 1.165) is 23.0 Å². The van der Waals surface area contributed by atoms with E-state index in [4.69, 9.17) is 14.2 Å². The average Bonchev–Trinajstić information content (AvgIpc) is 2.53.